The Balaban J connectivity index is 1.16. The third-order valence-electron chi connectivity index (χ3n) is 13.5. The van der Waals surface area contributed by atoms with Gasteiger partial charge in [-0.15, -0.1) is 0 Å². The lowest BCUT2D eigenvalue weighted by molar-refractivity contribution is 0.793. The molecule has 1 unspecified atom stereocenters. The van der Waals surface area contributed by atoms with Crippen molar-refractivity contribution >= 4 is 66.4 Å². The van der Waals surface area contributed by atoms with Gasteiger partial charge in [-0.3, -0.25) is 0 Å². The first-order chi connectivity index (χ1) is 31.3. The zero-order chi connectivity index (χ0) is 41.5. The first-order valence-corrected chi connectivity index (χ1v) is 21.8. The molecule has 2 nitrogen and oxygen atoms in total. The molecule has 0 amide bonds. The molecule has 0 radical (unpaired) electrons. The minimum Gasteiger partial charge on any atom is -0.310 e. The van der Waals surface area contributed by atoms with Gasteiger partial charge in [0.1, 0.15) is 0 Å². The van der Waals surface area contributed by atoms with Gasteiger partial charge in [0.25, 0.3) is 0 Å². The molecule has 0 aromatic heterocycles. The maximum Gasteiger partial charge on any atom is 0.0747 e. The molecule has 2 heteroatoms. The molecule has 11 aromatic carbocycles. The number of rotatable bonds is 6. The third kappa shape index (κ3) is 5.25. The van der Waals surface area contributed by atoms with E-state index in [1.807, 2.05) is 0 Å². The van der Waals surface area contributed by atoms with Crippen LogP contribution in [-0.4, -0.2) is 0 Å². The predicted molar refractivity (Wildman–Crippen MR) is 265 cm³/mol. The summed E-state index contributed by atoms with van der Waals surface area (Å²) in [5.41, 5.74) is 16.4. The van der Waals surface area contributed by atoms with Gasteiger partial charge in [-0.25, -0.2) is 0 Å². The van der Waals surface area contributed by atoms with E-state index in [1.165, 1.54) is 82.5 Å². The number of hydrogen-bond donors (Lipinski definition) is 0. The van der Waals surface area contributed by atoms with Crippen LogP contribution in [0.5, 0.6) is 0 Å². The van der Waals surface area contributed by atoms with E-state index in [0.29, 0.717) is 0 Å². The van der Waals surface area contributed by atoms with Gasteiger partial charge in [0.05, 0.1) is 11.1 Å². The summed E-state index contributed by atoms with van der Waals surface area (Å²) < 4.78 is 0. The molecule has 0 heterocycles. The normalized spacial score (nSPS) is 14.4. The highest BCUT2D eigenvalue weighted by atomic mass is 15.2. The molecular formula is C61H40N2. The molecule has 0 aliphatic heterocycles. The van der Waals surface area contributed by atoms with Gasteiger partial charge < -0.3 is 9.80 Å². The topological polar surface area (TPSA) is 6.48 Å². The van der Waals surface area contributed by atoms with Crippen molar-refractivity contribution < 1.29 is 0 Å². The zero-order valence-electron chi connectivity index (χ0n) is 34.5. The van der Waals surface area contributed by atoms with Crippen LogP contribution < -0.4 is 9.80 Å². The van der Waals surface area contributed by atoms with E-state index in [-0.39, 0.29) is 0 Å². The van der Waals surface area contributed by atoms with Crippen molar-refractivity contribution in [2.45, 2.75) is 5.41 Å². The van der Waals surface area contributed by atoms with Gasteiger partial charge in [0.15, 0.2) is 0 Å². The number of anilines is 6. The van der Waals surface area contributed by atoms with Gasteiger partial charge in [-0.2, -0.15) is 0 Å². The van der Waals surface area contributed by atoms with Crippen LogP contribution in [0, 0.1) is 0 Å². The fourth-order valence-corrected chi connectivity index (χ4v) is 11.0. The SMILES string of the molecule is c1ccc(N(c2ccc3c(c2)C2(c4ccccc4-3)c3ccccc3-c3c2c(N(c2ccccc2)c2ccc4ccccc4c2)cc2ccccc32)c2ccc3ccccc3c2)cc1. The van der Waals surface area contributed by atoms with Crippen LogP contribution in [-0.2, 0) is 5.41 Å². The molecule has 1 atom stereocenters. The van der Waals surface area contributed by atoms with Crippen molar-refractivity contribution in [1.29, 1.82) is 0 Å². The Kier molecular flexibility index (Phi) is 7.85. The molecule has 63 heavy (non-hydrogen) atoms. The van der Waals surface area contributed by atoms with Crippen molar-refractivity contribution in [2.75, 3.05) is 9.80 Å². The Morgan fingerprint density at radius 2 is 0.730 bits per heavy atom. The smallest absolute Gasteiger partial charge is 0.0747 e. The molecule has 294 valence electrons. The highest BCUT2D eigenvalue weighted by molar-refractivity contribution is 6.11. The average Bonchev–Trinajstić information content (AvgIpc) is 3.82. The summed E-state index contributed by atoms with van der Waals surface area (Å²) >= 11 is 0. The summed E-state index contributed by atoms with van der Waals surface area (Å²) in [6, 6.07) is 89.9. The van der Waals surface area contributed by atoms with E-state index in [0.717, 1.165) is 28.4 Å². The van der Waals surface area contributed by atoms with Gasteiger partial charge in [-0.1, -0.05) is 176 Å². The van der Waals surface area contributed by atoms with Crippen molar-refractivity contribution in [2.24, 2.45) is 0 Å². The van der Waals surface area contributed by atoms with Crippen LogP contribution >= 0.6 is 0 Å². The van der Waals surface area contributed by atoms with Crippen LogP contribution in [0.25, 0.3) is 54.6 Å². The predicted octanol–water partition coefficient (Wildman–Crippen LogP) is 16.4. The summed E-state index contributed by atoms with van der Waals surface area (Å²) in [7, 11) is 0. The van der Waals surface area contributed by atoms with Crippen LogP contribution in [0.1, 0.15) is 22.3 Å². The van der Waals surface area contributed by atoms with E-state index in [4.69, 9.17) is 0 Å². The van der Waals surface area contributed by atoms with E-state index in [1.54, 1.807) is 0 Å². The van der Waals surface area contributed by atoms with Crippen LogP contribution in [0.3, 0.4) is 0 Å². The number of para-hydroxylation sites is 2. The molecule has 0 fully saturated rings. The second-order valence-corrected chi connectivity index (χ2v) is 16.8. The second kappa shape index (κ2) is 13.9. The van der Waals surface area contributed by atoms with E-state index in [9.17, 15) is 0 Å². The summed E-state index contributed by atoms with van der Waals surface area (Å²) in [6.07, 6.45) is 0. The lowest BCUT2D eigenvalue weighted by Gasteiger charge is -2.36. The highest BCUT2D eigenvalue weighted by Gasteiger charge is 2.54. The summed E-state index contributed by atoms with van der Waals surface area (Å²) in [4.78, 5) is 4.94. The van der Waals surface area contributed by atoms with Crippen molar-refractivity contribution in [3.8, 4) is 22.3 Å². The Morgan fingerprint density at radius 1 is 0.270 bits per heavy atom. The number of hydrogen-bond acceptors (Lipinski definition) is 2. The largest absolute Gasteiger partial charge is 0.310 e. The van der Waals surface area contributed by atoms with Crippen molar-refractivity contribution in [3.05, 3.63) is 265 Å². The quantitative estimate of drug-likeness (QED) is 0.165. The molecule has 2 aliphatic carbocycles. The molecule has 2 aliphatic rings. The van der Waals surface area contributed by atoms with Gasteiger partial charge in [0.2, 0.25) is 0 Å². The lowest BCUT2D eigenvalue weighted by Crippen LogP contribution is -2.28. The molecule has 13 rings (SSSR count). The van der Waals surface area contributed by atoms with E-state index < -0.39 is 5.41 Å². The average molecular weight is 801 g/mol. The summed E-state index contributed by atoms with van der Waals surface area (Å²) in [6.45, 7) is 0. The van der Waals surface area contributed by atoms with Crippen LogP contribution in [0.15, 0.2) is 243 Å². The maximum absolute atomic E-state index is 2.52. The molecule has 1 spiro atoms. The minimum absolute atomic E-state index is 0.650. The van der Waals surface area contributed by atoms with Gasteiger partial charge in [-0.05, 0) is 138 Å². The molecule has 0 saturated carbocycles. The molecule has 11 aromatic rings. The van der Waals surface area contributed by atoms with Gasteiger partial charge >= 0.3 is 0 Å². The van der Waals surface area contributed by atoms with Gasteiger partial charge in [0, 0.05) is 34.0 Å². The summed E-state index contributed by atoms with van der Waals surface area (Å²) in [5, 5.41) is 7.35. The Labute approximate surface area is 367 Å². The number of benzene rings is 11. The number of fused-ring (bicyclic) bond motifs is 14. The second-order valence-electron chi connectivity index (χ2n) is 16.8. The first-order valence-electron chi connectivity index (χ1n) is 21.8. The van der Waals surface area contributed by atoms with Crippen LogP contribution in [0.2, 0.25) is 0 Å². The first kappa shape index (κ1) is 35.5. The Bertz CT molecular complexity index is 3590. The van der Waals surface area contributed by atoms with Crippen LogP contribution in [0.4, 0.5) is 34.1 Å². The zero-order valence-corrected chi connectivity index (χ0v) is 34.5. The molecule has 0 saturated heterocycles. The van der Waals surface area contributed by atoms with E-state index in [2.05, 4.69) is 252 Å². The number of nitrogens with zero attached hydrogens (tertiary/aromatic N) is 2. The molecule has 0 N–H and O–H groups in total. The fraction of sp³-hybridized carbons (Fsp3) is 0.0164. The van der Waals surface area contributed by atoms with Crippen molar-refractivity contribution in [1.82, 2.24) is 0 Å². The maximum atomic E-state index is 2.52. The standard InChI is InChI=1S/C61H40N2/c1-3-22-46(23-4-1)62(48-33-31-41-17-7-9-19-43(41)37-48)50-35-36-53-52-27-13-15-29-55(52)61(57(53)40-50)56-30-16-14-28-54(56)59-51-26-12-11-21-45(51)39-58(60(59)61)63(47-24-5-2-6-25-47)49-34-32-42-18-8-10-20-44(42)38-49/h1-40H. The summed E-state index contributed by atoms with van der Waals surface area (Å²) in [5.74, 6) is 0. The van der Waals surface area contributed by atoms with Crippen molar-refractivity contribution in [3.63, 3.8) is 0 Å². The Hall–Kier alpha value is -8.20. The Morgan fingerprint density at radius 3 is 1.40 bits per heavy atom. The molecular weight excluding hydrogens is 761 g/mol. The third-order valence-corrected chi connectivity index (χ3v) is 13.5. The highest BCUT2D eigenvalue weighted by Crippen LogP contribution is 2.67. The van der Waals surface area contributed by atoms with E-state index >= 15 is 0 Å². The minimum atomic E-state index is -0.650. The monoisotopic (exact) mass is 800 g/mol. The fourth-order valence-electron chi connectivity index (χ4n) is 11.0. The molecule has 0 bridgehead atoms. The lowest BCUT2D eigenvalue weighted by atomic mass is 9.69.